The van der Waals surface area contributed by atoms with Crippen LogP contribution >= 0.6 is 11.8 Å². The van der Waals surface area contributed by atoms with Gasteiger partial charge in [-0.3, -0.25) is 10.1 Å². The van der Waals surface area contributed by atoms with Gasteiger partial charge >= 0.3 is 11.9 Å². The van der Waals surface area contributed by atoms with Gasteiger partial charge in [0.1, 0.15) is 6.04 Å². The van der Waals surface area contributed by atoms with E-state index in [1.165, 1.54) is 0 Å². The molecule has 0 spiro atoms. The highest BCUT2D eigenvalue weighted by Crippen LogP contribution is 2.32. The van der Waals surface area contributed by atoms with E-state index in [1.54, 1.807) is 30.8 Å². The molecular formula is C13H15NO4S. The number of hydrogen-bond acceptors (Lipinski definition) is 5. The zero-order chi connectivity index (χ0) is 13.8. The summed E-state index contributed by atoms with van der Waals surface area (Å²) in [5.41, 5.74) is 1.46. The van der Waals surface area contributed by atoms with Crippen molar-refractivity contribution in [3.63, 3.8) is 0 Å². The Balaban J connectivity index is 2.03. The van der Waals surface area contributed by atoms with Gasteiger partial charge in [-0.25, -0.2) is 4.79 Å². The van der Waals surface area contributed by atoms with Crippen LogP contribution in [0.15, 0.2) is 24.3 Å². The van der Waals surface area contributed by atoms with Crippen molar-refractivity contribution in [2.24, 2.45) is 0 Å². The maximum absolute atomic E-state index is 11.5. The zero-order valence-corrected chi connectivity index (χ0v) is 11.3. The second-order valence-electron chi connectivity index (χ2n) is 4.11. The first-order valence-electron chi connectivity index (χ1n) is 5.99. The van der Waals surface area contributed by atoms with Gasteiger partial charge in [0, 0.05) is 5.75 Å². The largest absolute Gasteiger partial charge is 0.480 e. The van der Waals surface area contributed by atoms with Crippen molar-refractivity contribution in [2.45, 2.75) is 18.3 Å². The molecule has 0 aliphatic carbocycles. The predicted octanol–water partition coefficient (Wildman–Crippen LogP) is 1.65. The molecular weight excluding hydrogens is 266 g/mol. The van der Waals surface area contributed by atoms with Crippen molar-refractivity contribution in [3.05, 3.63) is 35.4 Å². The normalized spacial score (nSPS) is 22.2. The summed E-state index contributed by atoms with van der Waals surface area (Å²) in [7, 11) is 0. The molecule has 1 aromatic carbocycles. The molecule has 0 radical (unpaired) electrons. The van der Waals surface area contributed by atoms with E-state index in [0.29, 0.717) is 17.9 Å². The molecule has 0 bridgehead atoms. The zero-order valence-electron chi connectivity index (χ0n) is 10.5. The van der Waals surface area contributed by atoms with Crippen LogP contribution in [-0.2, 0) is 9.53 Å². The molecule has 19 heavy (non-hydrogen) atoms. The van der Waals surface area contributed by atoms with Crippen LogP contribution in [0.2, 0.25) is 0 Å². The first-order chi connectivity index (χ1) is 9.11. The van der Waals surface area contributed by atoms with E-state index in [2.05, 4.69) is 5.32 Å². The molecule has 102 valence electrons. The van der Waals surface area contributed by atoms with E-state index in [0.717, 1.165) is 5.56 Å². The van der Waals surface area contributed by atoms with Crippen molar-refractivity contribution in [1.29, 1.82) is 0 Å². The van der Waals surface area contributed by atoms with Crippen LogP contribution in [0.3, 0.4) is 0 Å². The van der Waals surface area contributed by atoms with Gasteiger partial charge in [0.25, 0.3) is 0 Å². The second-order valence-corrected chi connectivity index (χ2v) is 5.25. The molecule has 1 unspecified atom stereocenters. The van der Waals surface area contributed by atoms with Crippen molar-refractivity contribution in [2.75, 3.05) is 12.4 Å². The lowest BCUT2D eigenvalue weighted by molar-refractivity contribution is -0.138. The van der Waals surface area contributed by atoms with Crippen molar-refractivity contribution < 1.29 is 19.4 Å². The highest BCUT2D eigenvalue weighted by atomic mass is 32.2. The van der Waals surface area contributed by atoms with E-state index in [4.69, 9.17) is 9.84 Å². The van der Waals surface area contributed by atoms with Gasteiger partial charge in [-0.1, -0.05) is 12.1 Å². The molecule has 6 heteroatoms. The van der Waals surface area contributed by atoms with Crippen molar-refractivity contribution in [3.8, 4) is 0 Å². The van der Waals surface area contributed by atoms with E-state index < -0.39 is 12.0 Å². The van der Waals surface area contributed by atoms with Gasteiger partial charge < -0.3 is 9.84 Å². The summed E-state index contributed by atoms with van der Waals surface area (Å²) >= 11 is 1.55. The number of esters is 1. The first-order valence-corrected chi connectivity index (χ1v) is 7.04. The summed E-state index contributed by atoms with van der Waals surface area (Å²) < 4.78 is 4.90. The Labute approximate surface area is 115 Å². The Bertz CT molecular complexity index is 474. The lowest BCUT2D eigenvalue weighted by Crippen LogP contribution is -2.33. The minimum absolute atomic E-state index is 0.0441. The highest BCUT2D eigenvalue weighted by molar-refractivity contribution is 7.99. The van der Waals surface area contributed by atoms with Gasteiger partial charge in [-0.05, 0) is 24.6 Å². The van der Waals surface area contributed by atoms with Gasteiger partial charge in [0.05, 0.1) is 17.5 Å². The number of ether oxygens (including phenoxy) is 1. The number of nitrogens with one attached hydrogen (secondary N) is 1. The number of hydrogen-bond donors (Lipinski definition) is 2. The summed E-state index contributed by atoms with van der Waals surface area (Å²) in [4.78, 5) is 22.4. The second kappa shape index (κ2) is 6.08. The van der Waals surface area contributed by atoms with Crippen molar-refractivity contribution in [1.82, 2.24) is 5.32 Å². The van der Waals surface area contributed by atoms with Gasteiger partial charge in [0.15, 0.2) is 0 Å². The standard InChI is InChI=1S/C13H15NO4S/c1-2-18-13(17)9-5-3-8(4-6-9)11-14-10(7-19-11)12(15)16/h3-6,10-11,14H,2,7H2,1H3,(H,15,16)/t10-,11?/m0/s1. The fourth-order valence-corrected chi connectivity index (χ4v) is 3.05. The third-order valence-corrected chi connectivity index (χ3v) is 4.07. The molecule has 2 rings (SSSR count). The maximum atomic E-state index is 11.5. The fraction of sp³-hybridized carbons (Fsp3) is 0.385. The average Bonchev–Trinajstić information content (AvgIpc) is 2.89. The maximum Gasteiger partial charge on any atom is 0.338 e. The van der Waals surface area contributed by atoms with Crippen LogP contribution in [0.4, 0.5) is 0 Å². The quantitative estimate of drug-likeness (QED) is 0.817. The number of aliphatic carboxylic acids is 1. The Morgan fingerprint density at radius 3 is 2.63 bits per heavy atom. The lowest BCUT2D eigenvalue weighted by Gasteiger charge is -2.11. The number of rotatable bonds is 4. The fourth-order valence-electron chi connectivity index (χ4n) is 1.81. The summed E-state index contributed by atoms with van der Waals surface area (Å²) in [6.45, 7) is 2.11. The molecule has 1 saturated heterocycles. The Morgan fingerprint density at radius 2 is 2.11 bits per heavy atom. The molecule has 0 amide bonds. The summed E-state index contributed by atoms with van der Waals surface area (Å²) in [5.74, 6) is -0.637. The average molecular weight is 281 g/mol. The highest BCUT2D eigenvalue weighted by Gasteiger charge is 2.30. The van der Waals surface area contributed by atoms with Gasteiger partial charge in [0.2, 0.25) is 0 Å². The van der Waals surface area contributed by atoms with E-state index in [1.807, 2.05) is 12.1 Å². The van der Waals surface area contributed by atoms with Crippen LogP contribution in [-0.4, -0.2) is 35.4 Å². The van der Waals surface area contributed by atoms with Crippen LogP contribution in [0, 0.1) is 0 Å². The van der Waals surface area contributed by atoms with Gasteiger partial charge in [-0.2, -0.15) is 0 Å². The van der Waals surface area contributed by atoms with Crippen molar-refractivity contribution >= 4 is 23.7 Å². The monoisotopic (exact) mass is 281 g/mol. The third-order valence-electron chi connectivity index (χ3n) is 2.80. The molecule has 1 fully saturated rings. The molecule has 5 nitrogen and oxygen atoms in total. The summed E-state index contributed by atoms with van der Waals surface area (Å²) in [6.07, 6.45) is 0. The van der Waals surface area contributed by atoms with E-state index in [9.17, 15) is 9.59 Å². The topological polar surface area (TPSA) is 75.6 Å². The Hall–Kier alpha value is -1.53. The third kappa shape index (κ3) is 3.27. The molecule has 0 aromatic heterocycles. The first kappa shape index (κ1) is 13.9. The number of carboxylic acid groups (broad SMARTS) is 1. The molecule has 1 aromatic rings. The Kier molecular flexibility index (Phi) is 4.44. The van der Waals surface area contributed by atoms with Gasteiger partial charge in [-0.15, -0.1) is 11.8 Å². The van der Waals surface area contributed by atoms with Crippen LogP contribution in [0.1, 0.15) is 28.2 Å². The molecule has 2 atom stereocenters. The molecule has 0 saturated carbocycles. The Morgan fingerprint density at radius 1 is 1.42 bits per heavy atom. The SMILES string of the molecule is CCOC(=O)c1ccc(C2N[C@H](C(=O)O)CS2)cc1. The smallest absolute Gasteiger partial charge is 0.338 e. The van der Waals surface area contributed by atoms with Crippen LogP contribution < -0.4 is 5.32 Å². The predicted molar refractivity (Wildman–Crippen MR) is 72.2 cm³/mol. The molecule has 1 aliphatic rings. The minimum Gasteiger partial charge on any atom is -0.480 e. The van der Waals surface area contributed by atoms with E-state index >= 15 is 0 Å². The van der Waals surface area contributed by atoms with Crippen LogP contribution in [0.25, 0.3) is 0 Å². The summed E-state index contributed by atoms with van der Waals surface area (Å²) in [6, 6.07) is 6.52. The number of carbonyl (C=O) groups is 2. The summed E-state index contributed by atoms with van der Waals surface area (Å²) in [5, 5.41) is 11.9. The van der Waals surface area contributed by atoms with Crippen LogP contribution in [0.5, 0.6) is 0 Å². The molecule has 1 aliphatic heterocycles. The number of benzene rings is 1. The number of carbonyl (C=O) groups excluding carboxylic acids is 1. The minimum atomic E-state index is -0.835. The lowest BCUT2D eigenvalue weighted by atomic mass is 10.1. The number of thioether (sulfide) groups is 1. The van der Waals surface area contributed by atoms with E-state index in [-0.39, 0.29) is 11.3 Å². The molecule has 2 N–H and O–H groups in total. The number of carboxylic acids is 1. The molecule has 1 heterocycles.